The van der Waals surface area contributed by atoms with Crippen molar-refractivity contribution in [2.75, 3.05) is 5.75 Å². The molecule has 12 heavy (non-hydrogen) atoms. The van der Waals surface area contributed by atoms with E-state index in [9.17, 15) is 4.79 Å². The third-order valence-electron chi connectivity index (χ3n) is 2.08. The van der Waals surface area contributed by atoms with E-state index in [-0.39, 0.29) is 5.92 Å². The van der Waals surface area contributed by atoms with Gasteiger partial charge in [-0.05, 0) is 12.8 Å². The summed E-state index contributed by atoms with van der Waals surface area (Å²) >= 11 is 0. The highest BCUT2D eigenvalue weighted by atomic mass is 33.1. The molecule has 0 aliphatic carbocycles. The minimum atomic E-state index is 0.226. The fourth-order valence-electron chi connectivity index (χ4n) is 1.16. The molecular weight excluding hydrogens is 188 g/mol. The summed E-state index contributed by atoms with van der Waals surface area (Å²) in [5.74, 6) is 1.92. The van der Waals surface area contributed by atoms with Crippen molar-refractivity contribution in [2.24, 2.45) is 5.92 Å². The topological polar surface area (TPSA) is 17.1 Å². The molecule has 0 N–H and O–H groups in total. The molecule has 1 rings (SSSR count). The Balaban J connectivity index is 2.12. The van der Waals surface area contributed by atoms with Crippen LogP contribution in [-0.2, 0) is 4.79 Å². The monoisotopic (exact) mass is 204 g/mol. The first-order valence-electron chi connectivity index (χ1n) is 4.51. The molecule has 1 aliphatic heterocycles. The Morgan fingerprint density at radius 1 is 1.58 bits per heavy atom. The highest BCUT2D eigenvalue weighted by molar-refractivity contribution is 8.77. The van der Waals surface area contributed by atoms with Gasteiger partial charge in [0.2, 0.25) is 0 Å². The molecule has 70 valence electrons. The van der Waals surface area contributed by atoms with Gasteiger partial charge in [-0.1, -0.05) is 35.4 Å². The Hall–Kier alpha value is 0.370. The summed E-state index contributed by atoms with van der Waals surface area (Å²) in [6.07, 6.45) is 3.17. The molecule has 1 unspecified atom stereocenters. The first-order chi connectivity index (χ1) is 5.70. The van der Waals surface area contributed by atoms with Gasteiger partial charge in [-0.3, -0.25) is 4.79 Å². The van der Waals surface area contributed by atoms with Crippen molar-refractivity contribution in [3.8, 4) is 0 Å². The van der Waals surface area contributed by atoms with E-state index in [1.54, 1.807) is 0 Å². The third-order valence-corrected chi connectivity index (χ3v) is 5.09. The number of rotatable bonds is 4. The SMILES string of the molecule is CC(C)C(=O)CCC1CCSS1. The van der Waals surface area contributed by atoms with Gasteiger partial charge in [-0.15, -0.1) is 0 Å². The van der Waals surface area contributed by atoms with Crippen LogP contribution in [0.4, 0.5) is 0 Å². The van der Waals surface area contributed by atoms with Crippen molar-refractivity contribution in [1.82, 2.24) is 0 Å². The van der Waals surface area contributed by atoms with Crippen molar-refractivity contribution in [3.63, 3.8) is 0 Å². The Kier molecular flexibility index (Phi) is 4.51. The first kappa shape index (κ1) is 10.5. The minimum Gasteiger partial charge on any atom is -0.299 e. The number of hydrogen-bond acceptors (Lipinski definition) is 3. The summed E-state index contributed by atoms with van der Waals surface area (Å²) in [6, 6.07) is 0. The van der Waals surface area contributed by atoms with Gasteiger partial charge in [0.15, 0.2) is 0 Å². The fraction of sp³-hybridized carbons (Fsp3) is 0.889. The quantitative estimate of drug-likeness (QED) is 0.655. The van der Waals surface area contributed by atoms with E-state index in [2.05, 4.69) is 0 Å². The van der Waals surface area contributed by atoms with Gasteiger partial charge in [-0.2, -0.15) is 0 Å². The molecule has 1 atom stereocenters. The largest absolute Gasteiger partial charge is 0.299 e. The zero-order valence-electron chi connectivity index (χ0n) is 7.71. The summed E-state index contributed by atoms with van der Waals surface area (Å²) in [4.78, 5) is 11.3. The van der Waals surface area contributed by atoms with Crippen molar-refractivity contribution in [1.29, 1.82) is 0 Å². The van der Waals surface area contributed by atoms with E-state index < -0.39 is 0 Å². The average molecular weight is 204 g/mol. The van der Waals surface area contributed by atoms with E-state index in [1.807, 2.05) is 35.4 Å². The van der Waals surface area contributed by atoms with Crippen LogP contribution >= 0.6 is 21.6 Å². The normalized spacial score (nSPS) is 23.4. The molecule has 0 radical (unpaired) electrons. The first-order valence-corrected chi connectivity index (χ1v) is 6.89. The van der Waals surface area contributed by atoms with Gasteiger partial charge in [-0.25, -0.2) is 0 Å². The lowest BCUT2D eigenvalue weighted by atomic mass is 10.0. The van der Waals surface area contributed by atoms with E-state index in [1.165, 1.54) is 12.2 Å². The third kappa shape index (κ3) is 3.40. The zero-order valence-corrected chi connectivity index (χ0v) is 9.34. The lowest BCUT2D eigenvalue weighted by Gasteiger charge is -2.07. The molecule has 0 saturated carbocycles. The number of ketones is 1. The van der Waals surface area contributed by atoms with E-state index in [0.29, 0.717) is 5.78 Å². The second kappa shape index (κ2) is 5.18. The fourth-order valence-corrected chi connectivity index (χ4v) is 4.14. The maximum Gasteiger partial charge on any atom is 0.135 e. The zero-order chi connectivity index (χ0) is 8.97. The highest BCUT2D eigenvalue weighted by Gasteiger charge is 2.18. The molecule has 1 fully saturated rings. The molecular formula is C9H16OS2. The molecule has 3 heteroatoms. The summed E-state index contributed by atoms with van der Waals surface area (Å²) in [6.45, 7) is 3.97. The number of Topliss-reactive ketones (excluding diaryl/α,β-unsaturated/α-hetero) is 1. The second-order valence-electron chi connectivity index (χ2n) is 3.49. The predicted octanol–water partition coefficient (Wildman–Crippen LogP) is 3.15. The van der Waals surface area contributed by atoms with Gasteiger partial charge in [0, 0.05) is 23.3 Å². The Labute approximate surface area is 82.5 Å². The molecule has 0 aromatic rings. The van der Waals surface area contributed by atoms with Crippen LogP contribution < -0.4 is 0 Å². The Morgan fingerprint density at radius 3 is 2.83 bits per heavy atom. The lowest BCUT2D eigenvalue weighted by molar-refractivity contribution is -0.121. The second-order valence-corrected chi connectivity index (χ2v) is 6.28. The minimum absolute atomic E-state index is 0.226. The van der Waals surface area contributed by atoms with Crippen LogP contribution in [0.5, 0.6) is 0 Å². The molecule has 1 heterocycles. The smallest absolute Gasteiger partial charge is 0.135 e. The van der Waals surface area contributed by atoms with Crippen molar-refractivity contribution >= 4 is 27.4 Å². The number of carbonyl (C=O) groups excluding carboxylic acids is 1. The van der Waals surface area contributed by atoms with Gasteiger partial charge in [0.1, 0.15) is 5.78 Å². The van der Waals surface area contributed by atoms with Gasteiger partial charge < -0.3 is 0 Å². The number of hydrogen-bond donors (Lipinski definition) is 0. The predicted molar refractivity (Wildman–Crippen MR) is 57.5 cm³/mol. The van der Waals surface area contributed by atoms with Crippen LogP contribution in [-0.4, -0.2) is 16.8 Å². The highest BCUT2D eigenvalue weighted by Crippen LogP contribution is 2.39. The van der Waals surface area contributed by atoms with Crippen LogP contribution in [0.3, 0.4) is 0 Å². The van der Waals surface area contributed by atoms with Gasteiger partial charge in [0.25, 0.3) is 0 Å². The summed E-state index contributed by atoms with van der Waals surface area (Å²) in [7, 11) is 3.91. The van der Waals surface area contributed by atoms with E-state index in [0.717, 1.165) is 18.1 Å². The molecule has 0 bridgehead atoms. The van der Waals surface area contributed by atoms with Crippen LogP contribution in [0.25, 0.3) is 0 Å². The van der Waals surface area contributed by atoms with Gasteiger partial charge >= 0.3 is 0 Å². The molecule has 0 spiro atoms. The van der Waals surface area contributed by atoms with Crippen LogP contribution in [0.2, 0.25) is 0 Å². The standard InChI is InChI=1S/C9H16OS2/c1-7(2)9(10)4-3-8-5-6-11-12-8/h7-8H,3-6H2,1-2H3. The lowest BCUT2D eigenvalue weighted by Crippen LogP contribution is -2.09. The average Bonchev–Trinajstić information content (AvgIpc) is 2.51. The molecule has 0 aromatic heterocycles. The summed E-state index contributed by atoms with van der Waals surface area (Å²) < 4.78 is 0. The Morgan fingerprint density at radius 2 is 2.33 bits per heavy atom. The maximum atomic E-state index is 11.3. The van der Waals surface area contributed by atoms with Gasteiger partial charge in [0.05, 0.1) is 0 Å². The van der Waals surface area contributed by atoms with E-state index >= 15 is 0 Å². The summed E-state index contributed by atoms with van der Waals surface area (Å²) in [5.41, 5.74) is 0. The van der Waals surface area contributed by atoms with Crippen LogP contribution in [0, 0.1) is 5.92 Å². The van der Waals surface area contributed by atoms with E-state index in [4.69, 9.17) is 0 Å². The van der Waals surface area contributed by atoms with Crippen molar-refractivity contribution < 1.29 is 4.79 Å². The maximum absolute atomic E-state index is 11.3. The molecule has 0 aromatic carbocycles. The molecule has 1 saturated heterocycles. The van der Waals surface area contributed by atoms with Crippen LogP contribution in [0.1, 0.15) is 33.1 Å². The molecule has 1 nitrogen and oxygen atoms in total. The van der Waals surface area contributed by atoms with Crippen molar-refractivity contribution in [3.05, 3.63) is 0 Å². The number of carbonyl (C=O) groups is 1. The molecule has 0 amide bonds. The Bertz CT molecular complexity index is 151. The van der Waals surface area contributed by atoms with Crippen LogP contribution in [0.15, 0.2) is 0 Å². The van der Waals surface area contributed by atoms with Crippen molar-refractivity contribution in [2.45, 2.75) is 38.4 Å². The summed E-state index contributed by atoms with van der Waals surface area (Å²) in [5, 5.41) is 0.748. The molecule has 1 aliphatic rings.